The molecule has 0 saturated carbocycles. The lowest BCUT2D eigenvalue weighted by molar-refractivity contribution is 0.206. The predicted octanol–water partition coefficient (Wildman–Crippen LogP) is 2.52. The number of benzene rings is 1. The maximum Gasteiger partial charge on any atom is 0.191 e. The molecule has 0 amide bonds. The lowest BCUT2D eigenvalue weighted by Crippen LogP contribution is -2.39. The van der Waals surface area contributed by atoms with E-state index in [1.807, 2.05) is 39.0 Å². The van der Waals surface area contributed by atoms with Gasteiger partial charge in [-0.3, -0.25) is 4.99 Å². The summed E-state index contributed by atoms with van der Waals surface area (Å²) >= 11 is 1.14. The number of aliphatic hydroxyl groups excluding tert-OH is 1. The summed E-state index contributed by atoms with van der Waals surface area (Å²) in [5, 5.41) is 18.3. The van der Waals surface area contributed by atoms with Crippen LogP contribution < -0.4 is 15.4 Å². The molecule has 160 valence electrons. The number of sulfone groups is 1. The minimum Gasteiger partial charge on any atom is -0.496 e. The molecule has 0 aliphatic heterocycles. The van der Waals surface area contributed by atoms with Crippen LogP contribution in [-0.2, 0) is 9.84 Å². The molecule has 2 rings (SSSR count). The first kappa shape index (κ1) is 23.2. The van der Waals surface area contributed by atoms with E-state index < -0.39 is 15.9 Å². The number of hydrogen-bond acceptors (Lipinski definition) is 6. The van der Waals surface area contributed by atoms with E-state index in [2.05, 4.69) is 15.6 Å². The van der Waals surface area contributed by atoms with Gasteiger partial charge in [0.05, 0.1) is 31.6 Å². The van der Waals surface area contributed by atoms with Gasteiger partial charge in [0, 0.05) is 12.1 Å². The standard InChI is InChI=1S/C20H29N3O4S2/c1-5-21-20(23-15(3)17-11-14(2)8-9-18(17)27-4)22-12-16(24)13-29(25,26)19-7-6-10-28-19/h6-11,15-16,24H,5,12-13H2,1-4H3,(H2,21,22,23). The lowest BCUT2D eigenvalue weighted by atomic mass is 10.0. The molecule has 2 aromatic rings. The number of guanidine groups is 1. The average Bonchev–Trinajstić information content (AvgIpc) is 3.21. The van der Waals surface area contributed by atoms with Crippen LogP contribution >= 0.6 is 11.3 Å². The van der Waals surface area contributed by atoms with Crippen molar-refractivity contribution in [2.24, 2.45) is 4.99 Å². The fourth-order valence-electron chi connectivity index (χ4n) is 2.82. The highest BCUT2D eigenvalue weighted by atomic mass is 32.2. The molecule has 3 N–H and O–H groups in total. The Kier molecular flexibility index (Phi) is 8.48. The summed E-state index contributed by atoms with van der Waals surface area (Å²) in [7, 11) is -1.88. The smallest absolute Gasteiger partial charge is 0.191 e. The zero-order chi connectivity index (χ0) is 21.4. The molecule has 1 aromatic heterocycles. The molecule has 0 bridgehead atoms. The van der Waals surface area contributed by atoms with E-state index in [1.54, 1.807) is 24.6 Å². The van der Waals surface area contributed by atoms with Crippen molar-refractivity contribution >= 4 is 27.1 Å². The van der Waals surface area contributed by atoms with Gasteiger partial charge in [-0.2, -0.15) is 0 Å². The van der Waals surface area contributed by atoms with Crippen LogP contribution in [0.1, 0.15) is 31.0 Å². The van der Waals surface area contributed by atoms with Crippen LogP contribution in [0, 0.1) is 6.92 Å². The first-order valence-electron chi connectivity index (χ1n) is 9.40. The number of methoxy groups -OCH3 is 1. The molecule has 0 fully saturated rings. The summed E-state index contributed by atoms with van der Waals surface area (Å²) in [4.78, 5) is 4.36. The van der Waals surface area contributed by atoms with Crippen LogP contribution in [-0.4, -0.2) is 51.5 Å². The second-order valence-electron chi connectivity index (χ2n) is 6.70. The van der Waals surface area contributed by atoms with Gasteiger partial charge in [-0.15, -0.1) is 11.3 Å². The average molecular weight is 440 g/mol. The molecule has 2 unspecified atom stereocenters. The van der Waals surface area contributed by atoms with Gasteiger partial charge in [0.2, 0.25) is 0 Å². The molecular formula is C20H29N3O4S2. The fraction of sp³-hybridized carbons (Fsp3) is 0.450. The summed E-state index contributed by atoms with van der Waals surface area (Å²) < 4.78 is 30.3. The Morgan fingerprint density at radius 3 is 2.72 bits per heavy atom. The van der Waals surface area contributed by atoms with Crippen LogP contribution in [0.2, 0.25) is 0 Å². The third kappa shape index (κ3) is 6.73. The molecule has 0 aliphatic rings. The Hall–Kier alpha value is -2.10. The number of ether oxygens (including phenoxy) is 1. The molecule has 1 heterocycles. The molecule has 29 heavy (non-hydrogen) atoms. The largest absolute Gasteiger partial charge is 0.496 e. The summed E-state index contributed by atoms with van der Waals surface area (Å²) in [6.07, 6.45) is -1.10. The molecule has 0 saturated heterocycles. The van der Waals surface area contributed by atoms with E-state index in [9.17, 15) is 13.5 Å². The van der Waals surface area contributed by atoms with Gasteiger partial charge in [0.25, 0.3) is 0 Å². The number of thiophene rings is 1. The molecule has 2 atom stereocenters. The first-order valence-corrected chi connectivity index (χ1v) is 11.9. The van der Waals surface area contributed by atoms with Crippen molar-refractivity contribution in [2.45, 2.75) is 37.1 Å². The van der Waals surface area contributed by atoms with Crippen LogP contribution in [0.4, 0.5) is 0 Å². The molecule has 0 spiro atoms. The summed E-state index contributed by atoms with van der Waals surface area (Å²) in [5.41, 5.74) is 2.10. The lowest BCUT2D eigenvalue weighted by Gasteiger charge is -2.21. The zero-order valence-electron chi connectivity index (χ0n) is 17.2. The third-order valence-corrected chi connectivity index (χ3v) is 7.51. The van der Waals surface area contributed by atoms with E-state index >= 15 is 0 Å². The van der Waals surface area contributed by atoms with E-state index in [0.29, 0.717) is 12.5 Å². The topological polar surface area (TPSA) is 100 Å². The Bertz CT molecular complexity index is 912. The Balaban J connectivity index is 2.06. The normalized spacial score (nSPS) is 14.3. The van der Waals surface area contributed by atoms with Gasteiger partial charge < -0.3 is 20.5 Å². The van der Waals surface area contributed by atoms with E-state index in [4.69, 9.17) is 4.74 Å². The second kappa shape index (κ2) is 10.6. The molecule has 9 heteroatoms. The van der Waals surface area contributed by atoms with Crippen molar-refractivity contribution in [3.05, 3.63) is 46.8 Å². The highest BCUT2D eigenvalue weighted by Crippen LogP contribution is 2.26. The minimum absolute atomic E-state index is 0.0301. The predicted molar refractivity (Wildman–Crippen MR) is 118 cm³/mol. The van der Waals surface area contributed by atoms with Crippen molar-refractivity contribution in [1.29, 1.82) is 0 Å². The molecular weight excluding hydrogens is 410 g/mol. The quantitative estimate of drug-likeness (QED) is 0.410. The van der Waals surface area contributed by atoms with Crippen molar-refractivity contribution in [3.63, 3.8) is 0 Å². The Morgan fingerprint density at radius 1 is 1.34 bits per heavy atom. The summed E-state index contributed by atoms with van der Waals surface area (Å²) in [6, 6.07) is 9.07. The number of nitrogens with one attached hydrogen (secondary N) is 2. The van der Waals surface area contributed by atoms with Crippen LogP contribution in [0.25, 0.3) is 0 Å². The van der Waals surface area contributed by atoms with E-state index in [0.717, 1.165) is 28.2 Å². The number of aliphatic hydroxyl groups is 1. The van der Waals surface area contributed by atoms with Crippen LogP contribution in [0.3, 0.4) is 0 Å². The van der Waals surface area contributed by atoms with Crippen LogP contribution in [0.5, 0.6) is 5.75 Å². The van der Waals surface area contributed by atoms with Gasteiger partial charge in [0.15, 0.2) is 15.8 Å². The summed E-state index contributed by atoms with van der Waals surface area (Å²) in [6.45, 7) is 6.54. The number of nitrogens with zero attached hydrogens (tertiary/aromatic N) is 1. The van der Waals surface area contributed by atoms with E-state index in [1.165, 1.54) is 0 Å². The Labute approximate surface area is 176 Å². The molecule has 7 nitrogen and oxygen atoms in total. The van der Waals surface area contributed by atoms with E-state index in [-0.39, 0.29) is 22.5 Å². The molecule has 1 aromatic carbocycles. The molecule has 0 radical (unpaired) electrons. The highest BCUT2D eigenvalue weighted by molar-refractivity contribution is 7.93. The summed E-state index contributed by atoms with van der Waals surface area (Å²) in [5.74, 6) is 0.905. The number of aryl methyl sites for hydroxylation is 1. The van der Waals surface area contributed by atoms with Gasteiger partial charge in [-0.25, -0.2) is 8.42 Å². The van der Waals surface area contributed by atoms with Crippen molar-refractivity contribution < 1.29 is 18.3 Å². The third-order valence-electron chi connectivity index (χ3n) is 4.22. The van der Waals surface area contributed by atoms with Gasteiger partial charge in [0.1, 0.15) is 9.96 Å². The fourth-order valence-corrected chi connectivity index (χ4v) is 5.29. The number of aliphatic imine (C=N–C) groups is 1. The number of rotatable bonds is 9. The van der Waals surface area contributed by atoms with Gasteiger partial charge in [-0.05, 0) is 38.3 Å². The molecule has 0 aliphatic carbocycles. The zero-order valence-corrected chi connectivity index (χ0v) is 18.8. The van der Waals surface area contributed by atoms with Crippen LogP contribution in [0.15, 0.2) is 44.9 Å². The van der Waals surface area contributed by atoms with Gasteiger partial charge in [-0.1, -0.05) is 23.8 Å². The maximum atomic E-state index is 12.3. The van der Waals surface area contributed by atoms with Gasteiger partial charge >= 0.3 is 0 Å². The van der Waals surface area contributed by atoms with Crippen molar-refractivity contribution in [3.8, 4) is 5.75 Å². The minimum atomic E-state index is -3.51. The van der Waals surface area contributed by atoms with Crippen molar-refractivity contribution in [1.82, 2.24) is 10.6 Å². The van der Waals surface area contributed by atoms with Crippen molar-refractivity contribution in [2.75, 3.05) is 26.0 Å². The second-order valence-corrected chi connectivity index (χ2v) is 9.91. The number of hydrogen-bond donors (Lipinski definition) is 3. The maximum absolute atomic E-state index is 12.3. The Morgan fingerprint density at radius 2 is 2.10 bits per heavy atom. The monoisotopic (exact) mass is 439 g/mol. The highest BCUT2D eigenvalue weighted by Gasteiger charge is 2.21. The first-order chi connectivity index (χ1) is 13.8. The SMILES string of the molecule is CCNC(=NCC(O)CS(=O)(=O)c1cccs1)NC(C)c1cc(C)ccc1OC.